The van der Waals surface area contributed by atoms with Crippen molar-refractivity contribution < 1.29 is 9.53 Å². The second-order valence-electron chi connectivity index (χ2n) is 3.36. The molecule has 0 saturated heterocycles. The highest BCUT2D eigenvalue weighted by Crippen LogP contribution is 2.30. The molecule has 0 radical (unpaired) electrons. The molecular formula is C11H14Cl2N2O2. The fourth-order valence-electron chi connectivity index (χ4n) is 1.27. The Bertz CT molecular complexity index is 411. The summed E-state index contributed by atoms with van der Waals surface area (Å²) >= 11 is 11.7. The van der Waals surface area contributed by atoms with Gasteiger partial charge in [-0.15, -0.1) is 0 Å². The zero-order chi connectivity index (χ0) is 12.8. The molecule has 0 unspecified atom stereocenters. The summed E-state index contributed by atoms with van der Waals surface area (Å²) in [6.45, 7) is 1.04. The maximum absolute atomic E-state index is 11.8. The Morgan fingerprint density at radius 1 is 1.41 bits per heavy atom. The number of carbonyl (C=O) groups is 1. The van der Waals surface area contributed by atoms with Gasteiger partial charge in [-0.05, 0) is 19.0 Å². The Hall–Kier alpha value is -0.970. The van der Waals surface area contributed by atoms with Gasteiger partial charge in [-0.1, -0.05) is 23.2 Å². The van der Waals surface area contributed by atoms with E-state index in [1.165, 1.54) is 19.2 Å². The quantitative estimate of drug-likeness (QED) is 0.810. The highest BCUT2D eigenvalue weighted by molar-refractivity contribution is 6.42. The lowest BCUT2D eigenvalue weighted by Crippen LogP contribution is -2.26. The fourth-order valence-corrected chi connectivity index (χ4v) is 1.59. The van der Waals surface area contributed by atoms with Gasteiger partial charge in [-0.2, -0.15) is 0 Å². The molecule has 0 bridgehead atoms. The van der Waals surface area contributed by atoms with Gasteiger partial charge in [0, 0.05) is 12.6 Å². The van der Waals surface area contributed by atoms with Crippen molar-refractivity contribution in [2.45, 2.75) is 6.42 Å². The number of methoxy groups -OCH3 is 1. The fraction of sp³-hybridized carbons (Fsp3) is 0.364. The Labute approximate surface area is 110 Å². The first-order valence-corrected chi connectivity index (χ1v) is 5.87. The van der Waals surface area contributed by atoms with E-state index >= 15 is 0 Å². The number of carbonyl (C=O) groups excluding carboxylic acids is 1. The molecule has 17 heavy (non-hydrogen) atoms. The van der Waals surface area contributed by atoms with Crippen LogP contribution in [0.2, 0.25) is 10.0 Å². The molecule has 0 aromatic heterocycles. The van der Waals surface area contributed by atoms with E-state index in [4.69, 9.17) is 33.7 Å². The summed E-state index contributed by atoms with van der Waals surface area (Å²) in [5.41, 5.74) is 5.70. The van der Waals surface area contributed by atoms with Crippen molar-refractivity contribution >= 4 is 29.1 Å². The van der Waals surface area contributed by atoms with Crippen molar-refractivity contribution in [2.75, 3.05) is 20.2 Å². The number of hydrogen-bond acceptors (Lipinski definition) is 3. The lowest BCUT2D eigenvalue weighted by atomic mass is 10.2. The van der Waals surface area contributed by atoms with Gasteiger partial charge in [0.05, 0.1) is 22.7 Å². The van der Waals surface area contributed by atoms with Crippen LogP contribution in [0.1, 0.15) is 16.8 Å². The Morgan fingerprint density at radius 3 is 2.65 bits per heavy atom. The molecule has 0 heterocycles. The summed E-state index contributed by atoms with van der Waals surface area (Å²) in [6, 6.07) is 3.00. The van der Waals surface area contributed by atoms with Gasteiger partial charge < -0.3 is 15.8 Å². The zero-order valence-corrected chi connectivity index (χ0v) is 10.9. The molecule has 0 aliphatic carbocycles. The maximum Gasteiger partial charge on any atom is 0.255 e. The second-order valence-corrected chi connectivity index (χ2v) is 4.18. The standard InChI is InChI=1S/C11H14Cl2N2O2/c1-17-10-6-9(13)8(12)5-7(10)11(16)15-4-2-3-14/h5-6H,2-4,14H2,1H3,(H,15,16). The minimum atomic E-state index is -0.256. The molecule has 0 aliphatic rings. The van der Waals surface area contributed by atoms with Crippen LogP contribution in [0.25, 0.3) is 0 Å². The molecule has 3 N–H and O–H groups in total. The zero-order valence-electron chi connectivity index (χ0n) is 9.43. The number of rotatable bonds is 5. The van der Waals surface area contributed by atoms with E-state index in [9.17, 15) is 4.79 Å². The molecule has 1 aromatic carbocycles. The second kappa shape index (κ2) is 6.69. The number of benzene rings is 1. The summed E-state index contributed by atoms with van der Waals surface area (Å²) in [5, 5.41) is 3.39. The first kappa shape index (κ1) is 14.1. The number of halogens is 2. The van der Waals surface area contributed by atoms with Crippen LogP contribution in [-0.2, 0) is 0 Å². The minimum absolute atomic E-state index is 0.256. The van der Waals surface area contributed by atoms with Crippen LogP contribution < -0.4 is 15.8 Å². The Kier molecular flexibility index (Phi) is 5.55. The van der Waals surface area contributed by atoms with Crippen LogP contribution in [0.5, 0.6) is 5.75 Å². The predicted octanol–water partition coefficient (Wildman–Crippen LogP) is 2.08. The van der Waals surface area contributed by atoms with Crippen LogP contribution in [0, 0.1) is 0 Å². The van der Waals surface area contributed by atoms with E-state index in [-0.39, 0.29) is 5.91 Å². The van der Waals surface area contributed by atoms with Crippen molar-refractivity contribution in [2.24, 2.45) is 5.73 Å². The van der Waals surface area contributed by atoms with Crippen molar-refractivity contribution in [3.8, 4) is 5.75 Å². The summed E-state index contributed by atoms with van der Waals surface area (Å²) in [7, 11) is 1.47. The lowest BCUT2D eigenvalue weighted by Gasteiger charge is -2.10. The first-order chi connectivity index (χ1) is 8.10. The van der Waals surface area contributed by atoms with E-state index < -0.39 is 0 Å². The average Bonchev–Trinajstić information content (AvgIpc) is 2.32. The Morgan fingerprint density at radius 2 is 2.06 bits per heavy atom. The van der Waals surface area contributed by atoms with E-state index in [1.807, 2.05) is 0 Å². The van der Waals surface area contributed by atoms with E-state index in [2.05, 4.69) is 5.32 Å². The van der Waals surface area contributed by atoms with Crippen molar-refractivity contribution in [1.82, 2.24) is 5.32 Å². The maximum atomic E-state index is 11.8. The van der Waals surface area contributed by atoms with Gasteiger partial charge in [0.15, 0.2) is 0 Å². The topological polar surface area (TPSA) is 64.3 Å². The summed E-state index contributed by atoms with van der Waals surface area (Å²) in [4.78, 5) is 11.8. The molecule has 0 spiro atoms. The van der Waals surface area contributed by atoms with Gasteiger partial charge in [0.25, 0.3) is 5.91 Å². The van der Waals surface area contributed by atoms with E-state index in [0.717, 1.165) is 6.42 Å². The molecule has 0 fully saturated rings. The van der Waals surface area contributed by atoms with E-state index in [1.54, 1.807) is 0 Å². The van der Waals surface area contributed by atoms with Gasteiger partial charge in [0.2, 0.25) is 0 Å². The first-order valence-electron chi connectivity index (χ1n) is 5.11. The number of nitrogens with two attached hydrogens (primary N) is 1. The van der Waals surface area contributed by atoms with Gasteiger partial charge in [0.1, 0.15) is 5.75 Å². The smallest absolute Gasteiger partial charge is 0.255 e. The Balaban J connectivity index is 2.88. The van der Waals surface area contributed by atoms with E-state index in [0.29, 0.717) is 34.4 Å². The molecule has 1 rings (SSSR count). The molecular weight excluding hydrogens is 263 g/mol. The van der Waals surface area contributed by atoms with Gasteiger partial charge in [-0.25, -0.2) is 0 Å². The van der Waals surface area contributed by atoms with Crippen molar-refractivity contribution in [3.05, 3.63) is 27.7 Å². The minimum Gasteiger partial charge on any atom is -0.496 e. The number of hydrogen-bond donors (Lipinski definition) is 2. The molecule has 0 aliphatic heterocycles. The van der Waals surface area contributed by atoms with Crippen LogP contribution in [-0.4, -0.2) is 26.1 Å². The third-order valence-corrected chi connectivity index (χ3v) is 2.88. The van der Waals surface area contributed by atoms with Gasteiger partial charge >= 0.3 is 0 Å². The predicted molar refractivity (Wildman–Crippen MR) is 69.0 cm³/mol. The normalized spacial score (nSPS) is 10.1. The number of nitrogens with one attached hydrogen (secondary N) is 1. The molecule has 1 aromatic rings. The summed E-state index contributed by atoms with van der Waals surface area (Å²) in [6.07, 6.45) is 0.718. The highest BCUT2D eigenvalue weighted by Gasteiger charge is 2.14. The van der Waals surface area contributed by atoms with Crippen molar-refractivity contribution in [3.63, 3.8) is 0 Å². The molecule has 1 amide bonds. The molecule has 94 valence electrons. The molecule has 0 saturated carbocycles. The average molecular weight is 277 g/mol. The molecule has 0 atom stereocenters. The number of amides is 1. The van der Waals surface area contributed by atoms with Crippen molar-refractivity contribution in [1.29, 1.82) is 0 Å². The summed E-state index contributed by atoms with van der Waals surface area (Å²) in [5.74, 6) is 0.138. The molecule has 6 heteroatoms. The van der Waals surface area contributed by atoms with Crippen LogP contribution in [0.15, 0.2) is 12.1 Å². The SMILES string of the molecule is COc1cc(Cl)c(Cl)cc1C(=O)NCCCN. The van der Waals surface area contributed by atoms with Crippen LogP contribution in [0.3, 0.4) is 0 Å². The largest absolute Gasteiger partial charge is 0.496 e. The highest BCUT2D eigenvalue weighted by atomic mass is 35.5. The monoisotopic (exact) mass is 276 g/mol. The lowest BCUT2D eigenvalue weighted by molar-refractivity contribution is 0.0950. The third-order valence-electron chi connectivity index (χ3n) is 2.15. The van der Waals surface area contributed by atoms with Crippen LogP contribution in [0.4, 0.5) is 0 Å². The van der Waals surface area contributed by atoms with Crippen LogP contribution >= 0.6 is 23.2 Å². The van der Waals surface area contributed by atoms with Gasteiger partial charge in [-0.3, -0.25) is 4.79 Å². The number of ether oxygens (including phenoxy) is 1. The summed E-state index contributed by atoms with van der Waals surface area (Å²) < 4.78 is 5.08. The third kappa shape index (κ3) is 3.77. The molecule has 4 nitrogen and oxygen atoms in total.